The second-order valence-corrected chi connectivity index (χ2v) is 28.4. The van der Waals surface area contributed by atoms with Gasteiger partial charge in [0.1, 0.15) is 0 Å². The average Bonchev–Trinajstić information content (AvgIpc) is 1.42. The number of anilines is 6. The molecule has 0 bridgehead atoms. The number of nitrogens with zero attached hydrogens (tertiary/aromatic N) is 2. The molecule has 0 saturated carbocycles. The summed E-state index contributed by atoms with van der Waals surface area (Å²) in [5, 5.41) is 0. The van der Waals surface area contributed by atoms with Crippen LogP contribution in [0.4, 0.5) is 34.1 Å². The Morgan fingerprint density at radius 2 is 0.385 bits per heavy atom. The molecule has 0 fully saturated rings. The summed E-state index contributed by atoms with van der Waals surface area (Å²) < 4.78 is 0. The highest BCUT2D eigenvalue weighted by Gasteiger charge is 2.58. The van der Waals surface area contributed by atoms with E-state index < -0.39 is 10.8 Å². The van der Waals surface area contributed by atoms with Crippen molar-refractivity contribution in [2.45, 2.75) is 35.5 Å². The summed E-state index contributed by atoms with van der Waals surface area (Å²) in [5.41, 5.74) is 34.3. The van der Waals surface area contributed by atoms with Crippen LogP contribution in [0, 0.1) is 0 Å². The SMILES string of the molecule is CC1(C)c2ccccc2C2(c3ccccc3-c3c(-c4ccc(N(c5ccccc5)c5ccccc5)cc4)cccc32)c2ccccc21.c1ccc(N(c2ccccc2)c2ccc(-c3cccc4c3-c3ccccc3C43c4ccccc4C(c4ccccc4)(c4ccccc4)c4ccccc43)cc2)cc1. The number of hydrogen-bond donors (Lipinski definition) is 0. The summed E-state index contributed by atoms with van der Waals surface area (Å²) in [6, 6.07) is 152. The van der Waals surface area contributed by atoms with Crippen LogP contribution < -0.4 is 9.80 Å². The third-order valence-corrected chi connectivity index (χ3v) is 23.0. The van der Waals surface area contributed by atoms with Gasteiger partial charge < -0.3 is 9.80 Å². The molecular formula is C102H74N2. The predicted octanol–water partition coefficient (Wildman–Crippen LogP) is 25.7. The lowest BCUT2D eigenvalue weighted by Gasteiger charge is -2.50. The molecule has 492 valence electrons. The van der Waals surface area contributed by atoms with E-state index in [9.17, 15) is 0 Å². The van der Waals surface area contributed by atoms with Crippen LogP contribution in [0.2, 0.25) is 0 Å². The molecule has 16 aromatic carbocycles. The first-order valence-corrected chi connectivity index (χ1v) is 36.4. The van der Waals surface area contributed by atoms with Crippen LogP contribution in [0.3, 0.4) is 0 Å². The van der Waals surface area contributed by atoms with E-state index in [0.29, 0.717) is 0 Å². The van der Waals surface area contributed by atoms with Gasteiger partial charge in [0.25, 0.3) is 0 Å². The first-order chi connectivity index (χ1) is 51.4. The van der Waals surface area contributed by atoms with Crippen LogP contribution in [0.5, 0.6) is 0 Å². The zero-order valence-electron chi connectivity index (χ0n) is 58.2. The van der Waals surface area contributed by atoms with Crippen molar-refractivity contribution < 1.29 is 0 Å². The quantitative estimate of drug-likeness (QED) is 0.135. The van der Waals surface area contributed by atoms with Crippen LogP contribution in [0.1, 0.15) is 91.7 Å². The molecule has 0 atom stereocenters. The van der Waals surface area contributed by atoms with Crippen molar-refractivity contribution in [1.82, 2.24) is 0 Å². The standard InChI is InChI=1S/C56H39N.C46H35N/c1-5-20-41(21-6-1)55(42-22-7-2-8-23-42)49-31-15-17-33-51(49)56(52-34-18-16-32-50(52)55)48-30-14-13-28-47(48)54-46(29-19-35-53(54)56)40-36-38-45(39-37-40)57(43-24-9-3-10-25-43)44-26-11-4-12-27-44;1-45(2)39-23-11-13-25-41(39)46(42-26-14-12-24-40(42)45)38-22-10-9-20-37(38)44-36(21-15-27-43(44)46)32-28-30-35(31-29-32)47(33-16-5-3-6-17-33)34-18-7-4-8-19-34/h1-39H;3-31H,1-2H3. The van der Waals surface area contributed by atoms with Crippen molar-refractivity contribution in [1.29, 1.82) is 0 Å². The molecule has 4 aliphatic rings. The van der Waals surface area contributed by atoms with Crippen LogP contribution in [0.25, 0.3) is 44.5 Å². The monoisotopic (exact) mass is 1330 g/mol. The van der Waals surface area contributed by atoms with Gasteiger partial charge >= 0.3 is 0 Å². The smallest absolute Gasteiger partial charge is 0.0720 e. The summed E-state index contributed by atoms with van der Waals surface area (Å²) in [6.45, 7) is 4.76. The lowest BCUT2D eigenvalue weighted by Crippen LogP contribution is -2.44. The van der Waals surface area contributed by atoms with Gasteiger partial charge in [-0.3, -0.25) is 0 Å². The maximum Gasteiger partial charge on any atom is 0.0720 e. The van der Waals surface area contributed by atoms with E-state index >= 15 is 0 Å². The van der Waals surface area contributed by atoms with Gasteiger partial charge in [0.05, 0.1) is 16.2 Å². The Hall–Kier alpha value is -12.9. The Balaban J connectivity index is 0.000000146. The molecule has 0 aromatic heterocycles. The van der Waals surface area contributed by atoms with Gasteiger partial charge in [-0.1, -0.05) is 354 Å². The minimum atomic E-state index is -0.528. The Morgan fingerprint density at radius 3 is 0.702 bits per heavy atom. The van der Waals surface area contributed by atoms with Crippen molar-refractivity contribution >= 4 is 34.1 Å². The maximum atomic E-state index is 2.40. The first kappa shape index (κ1) is 62.2. The molecule has 0 saturated heterocycles. The summed E-state index contributed by atoms with van der Waals surface area (Å²) >= 11 is 0. The molecule has 2 nitrogen and oxygen atoms in total. The highest BCUT2D eigenvalue weighted by Crippen LogP contribution is 2.67. The number of hydrogen-bond acceptors (Lipinski definition) is 2. The Morgan fingerprint density at radius 1 is 0.163 bits per heavy atom. The minimum absolute atomic E-state index is 0.104. The Labute approximate surface area is 610 Å². The largest absolute Gasteiger partial charge is 0.311 e. The summed E-state index contributed by atoms with van der Waals surface area (Å²) in [4.78, 5) is 4.65. The van der Waals surface area contributed by atoms with Gasteiger partial charge in [-0.05, 0) is 195 Å². The number of benzene rings is 16. The highest BCUT2D eigenvalue weighted by atomic mass is 15.1. The third kappa shape index (κ3) is 9.28. The van der Waals surface area contributed by atoms with Gasteiger partial charge in [0.15, 0.2) is 0 Å². The topological polar surface area (TPSA) is 6.48 Å². The molecule has 0 aliphatic heterocycles. The Bertz CT molecular complexity index is 5650. The van der Waals surface area contributed by atoms with Crippen molar-refractivity contribution in [2.75, 3.05) is 9.80 Å². The van der Waals surface area contributed by atoms with Crippen LogP contribution >= 0.6 is 0 Å². The van der Waals surface area contributed by atoms with Crippen LogP contribution in [-0.2, 0) is 21.7 Å². The second-order valence-electron chi connectivity index (χ2n) is 28.4. The summed E-state index contributed by atoms with van der Waals surface area (Å²) in [6.07, 6.45) is 0. The Kier molecular flexibility index (Phi) is 15.0. The van der Waals surface area contributed by atoms with E-state index in [0.717, 1.165) is 34.1 Å². The molecule has 4 aliphatic carbocycles. The second kappa shape index (κ2) is 25.0. The molecule has 0 heterocycles. The molecule has 0 unspecified atom stereocenters. The lowest BCUT2D eigenvalue weighted by molar-refractivity contribution is 0.563. The fourth-order valence-electron chi connectivity index (χ4n) is 18.8. The number of fused-ring (bicyclic) bond motifs is 18. The molecule has 104 heavy (non-hydrogen) atoms. The molecule has 2 heteroatoms. The number of rotatable bonds is 10. The number of para-hydroxylation sites is 4. The molecule has 16 aromatic rings. The first-order valence-electron chi connectivity index (χ1n) is 36.4. The zero-order valence-corrected chi connectivity index (χ0v) is 58.2. The van der Waals surface area contributed by atoms with Gasteiger partial charge in [-0.25, -0.2) is 0 Å². The van der Waals surface area contributed by atoms with Crippen LogP contribution in [0.15, 0.2) is 413 Å². The lowest BCUT2D eigenvalue weighted by atomic mass is 9.51. The van der Waals surface area contributed by atoms with E-state index in [-0.39, 0.29) is 10.8 Å². The van der Waals surface area contributed by atoms with Crippen molar-refractivity contribution in [2.24, 2.45) is 0 Å². The molecule has 0 amide bonds. The summed E-state index contributed by atoms with van der Waals surface area (Å²) in [7, 11) is 0. The predicted molar refractivity (Wildman–Crippen MR) is 432 cm³/mol. The van der Waals surface area contributed by atoms with Gasteiger partial charge in [-0.15, -0.1) is 0 Å². The average molecular weight is 1330 g/mol. The normalized spacial score (nSPS) is 14.2. The van der Waals surface area contributed by atoms with E-state index in [1.54, 1.807) is 0 Å². The fraction of sp³-hybridized carbons (Fsp3) is 0.0588. The van der Waals surface area contributed by atoms with Crippen molar-refractivity contribution in [3.8, 4) is 44.5 Å². The van der Waals surface area contributed by atoms with E-state index in [1.165, 1.54) is 122 Å². The van der Waals surface area contributed by atoms with E-state index in [1.807, 2.05) is 0 Å². The molecule has 20 rings (SSSR count). The van der Waals surface area contributed by atoms with Gasteiger partial charge in [0.2, 0.25) is 0 Å². The maximum absolute atomic E-state index is 2.40. The highest BCUT2D eigenvalue weighted by molar-refractivity contribution is 5.99. The summed E-state index contributed by atoms with van der Waals surface area (Å²) in [5.74, 6) is 0. The van der Waals surface area contributed by atoms with Crippen LogP contribution in [-0.4, -0.2) is 0 Å². The third-order valence-electron chi connectivity index (χ3n) is 23.0. The molecule has 0 radical (unpaired) electrons. The minimum Gasteiger partial charge on any atom is -0.311 e. The van der Waals surface area contributed by atoms with Crippen molar-refractivity contribution in [3.05, 3.63) is 490 Å². The molecule has 0 N–H and O–H groups in total. The van der Waals surface area contributed by atoms with Gasteiger partial charge in [0, 0.05) is 39.5 Å². The zero-order chi connectivity index (χ0) is 69.4. The fourth-order valence-corrected chi connectivity index (χ4v) is 18.8. The molecular weight excluding hydrogens is 1250 g/mol. The molecule has 2 spiro atoms. The van der Waals surface area contributed by atoms with Crippen molar-refractivity contribution in [3.63, 3.8) is 0 Å². The van der Waals surface area contributed by atoms with E-state index in [2.05, 4.69) is 436 Å². The van der Waals surface area contributed by atoms with E-state index in [4.69, 9.17) is 0 Å². The van der Waals surface area contributed by atoms with Gasteiger partial charge in [-0.2, -0.15) is 0 Å².